The van der Waals surface area contributed by atoms with Crippen LogP contribution < -0.4 is 15.6 Å². The van der Waals surface area contributed by atoms with E-state index in [0.29, 0.717) is 22.6 Å². The van der Waals surface area contributed by atoms with Gasteiger partial charge >= 0.3 is 0 Å². The van der Waals surface area contributed by atoms with E-state index in [-0.39, 0.29) is 5.56 Å². The second kappa shape index (κ2) is 6.36. The third-order valence-corrected chi connectivity index (χ3v) is 4.45. The van der Waals surface area contributed by atoms with E-state index in [9.17, 15) is 4.79 Å². The van der Waals surface area contributed by atoms with Crippen molar-refractivity contribution in [1.82, 2.24) is 4.98 Å². The molecule has 1 aromatic heterocycles. The van der Waals surface area contributed by atoms with Crippen molar-refractivity contribution in [1.29, 1.82) is 5.26 Å². The number of aromatic amines is 1. The van der Waals surface area contributed by atoms with Crippen molar-refractivity contribution < 1.29 is 9.47 Å². The van der Waals surface area contributed by atoms with Gasteiger partial charge < -0.3 is 19.8 Å². The minimum atomic E-state index is -0.424. The largest absolute Gasteiger partial charge is 0.498 e. The monoisotopic (exact) mass is 337 g/mol. The van der Waals surface area contributed by atoms with E-state index in [1.165, 1.54) is 0 Å². The number of pyridine rings is 1. The molecule has 0 radical (unpaired) electrons. The van der Waals surface area contributed by atoms with Gasteiger partial charge in [-0.15, -0.1) is 0 Å². The van der Waals surface area contributed by atoms with Crippen LogP contribution in [0.3, 0.4) is 0 Å². The molecule has 0 spiro atoms. The normalized spacial score (nSPS) is 15.9. The molecule has 2 heterocycles. The molecule has 6 heteroatoms. The third kappa shape index (κ3) is 2.64. The van der Waals surface area contributed by atoms with Gasteiger partial charge in [-0.25, -0.2) is 0 Å². The number of H-pyrrole nitrogens is 1. The van der Waals surface area contributed by atoms with E-state index >= 15 is 0 Å². The summed E-state index contributed by atoms with van der Waals surface area (Å²) in [5, 5.41) is 12.4. The number of hydrogen-bond donors (Lipinski definition) is 2. The number of ether oxygens (including phenoxy) is 2. The zero-order chi connectivity index (χ0) is 18.1. The van der Waals surface area contributed by atoms with E-state index in [2.05, 4.69) is 16.4 Å². The Bertz CT molecular complexity index is 967. The zero-order valence-corrected chi connectivity index (χ0v) is 14.6. The Kier molecular flexibility index (Phi) is 4.24. The van der Waals surface area contributed by atoms with Crippen LogP contribution in [-0.4, -0.2) is 19.2 Å². The third-order valence-electron chi connectivity index (χ3n) is 4.45. The van der Waals surface area contributed by atoms with Crippen molar-refractivity contribution >= 4 is 5.69 Å². The molecule has 1 aliphatic heterocycles. The second-order valence-electron chi connectivity index (χ2n) is 5.91. The molecule has 0 amide bonds. The van der Waals surface area contributed by atoms with Gasteiger partial charge in [0.25, 0.3) is 5.56 Å². The lowest BCUT2D eigenvalue weighted by molar-refractivity contribution is 0.264. The number of methoxy groups -OCH3 is 2. The molecule has 1 atom stereocenters. The van der Waals surface area contributed by atoms with E-state index in [1.807, 2.05) is 19.9 Å². The average molecular weight is 337 g/mol. The Morgan fingerprint density at radius 3 is 2.60 bits per heavy atom. The molecule has 0 fully saturated rings. The first kappa shape index (κ1) is 16.7. The smallest absolute Gasteiger partial charge is 0.254 e. The molecule has 1 unspecified atom stereocenters. The van der Waals surface area contributed by atoms with Gasteiger partial charge in [0.1, 0.15) is 11.5 Å². The van der Waals surface area contributed by atoms with E-state index in [0.717, 1.165) is 22.5 Å². The highest BCUT2D eigenvalue weighted by atomic mass is 16.5. The van der Waals surface area contributed by atoms with E-state index in [1.54, 1.807) is 32.5 Å². The summed E-state index contributed by atoms with van der Waals surface area (Å²) in [6.45, 7) is 3.84. The summed E-state index contributed by atoms with van der Waals surface area (Å²) in [7, 11) is 3.13. The standard InChI is InChI=1S/C19H19N3O3/c1-10-9-21-19(23)16-15(18(25-4)11(2)22-17(10)16)13-6-5-12(8-20)7-14(13)24-3/h5-7,9,15,22H,1-4H3,(H,21,23). The number of allylic oxidation sites excluding steroid dienone is 2. The molecule has 2 N–H and O–H groups in total. The van der Waals surface area contributed by atoms with Gasteiger partial charge in [0.05, 0.1) is 48.7 Å². The number of aryl methyl sites for hydroxylation is 1. The van der Waals surface area contributed by atoms with Crippen LogP contribution in [0.2, 0.25) is 0 Å². The molecule has 128 valence electrons. The van der Waals surface area contributed by atoms with Gasteiger partial charge in [0, 0.05) is 11.8 Å². The van der Waals surface area contributed by atoms with Crippen molar-refractivity contribution in [3.05, 3.63) is 68.5 Å². The van der Waals surface area contributed by atoms with Crippen LogP contribution in [0.4, 0.5) is 5.69 Å². The molecular weight excluding hydrogens is 318 g/mol. The van der Waals surface area contributed by atoms with Crippen LogP contribution in [0.1, 0.15) is 35.1 Å². The van der Waals surface area contributed by atoms with Crippen molar-refractivity contribution in [2.45, 2.75) is 19.8 Å². The number of fused-ring (bicyclic) bond motifs is 1. The molecule has 0 saturated heterocycles. The first-order chi connectivity index (χ1) is 12.0. The van der Waals surface area contributed by atoms with Crippen molar-refractivity contribution in [2.75, 3.05) is 19.5 Å². The number of nitrogens with zero attached hydrogens (tertiary/aromatic N) is 1. The minimum Gasteiger partial charge on any atom is -0.498 e. The number of rotatable bonds is 3. The predicted molar refractivity (Wildman–Crippen MR) is 94.7 cm³/mol. The zero-order valence-electron chi connectivity index (χ0n) is 14.6. The van der Waals surface area contributed by atoms with Crippen LogP contribution in [0.15, 0.2) is 40.6 Å². The van der Waals surface area contributed by atoms with E-state index < -0.39 is 5.92 Å². The molecule has 1 aliphatic rings. The molecular formula is C19H19N3O3. The van der Waals surface area contributed by atoms with Crippen molar-refractivity contribution in [3.8, 4) is 11.8 Å². The maximum absolute atomic E-state index is 12.6. The van der Waals surface area contributed by atoms with Gasteiger partial charge in [0.2, 0.25) is 0 Å². The van der Waals surface area contributed by atoms with Gasteiger partial charge in [-0.1, -0.05) is 6.07 Å². The number of nitrogens with one attached hydrogen (secondary N) is 2. The van der Waals surface area contributed by atoms with Crippen molar-refractivity contribution in [3.63, 3.8) is 0 Å². The number of hydrogen-bond acceptors (Lipinski definition) is 5. The number of benzene rings is 1. The predicted octanol–water partition coefficient (Wildman–Crippen LogP) is 3.00. The van der Waals surface area contributed by atoms with Crippen LogP contribution in [-0.2, 0) is 4.74 Å². The highest BCUT2D eigenvalue weighted by molar-refractivity contribution is 5.68. The Hall–Kier alpha value is -3.20. The fourth-order valence-electron chi connectivity index (χ4n) is 3.27. The maximum Gasteiger partial charge on any atom is 0.254 e. The second-order valence-corrected chi connectivity index (χ2v) is 5.91. The lowest BCUT2D eigenvalue weighted by Gasteiger charge is -2.31. The summed E-state index contributed by atoms with van der Waals surface area (Å²) in [4.78, 5) is 15.4. The molecule has 3 rings (SSSR count). The van der Waals surface area contributed by atoms with Gasteiger partial charge in [-0.2, -0.15) is 5.26 Å². The lowest BCUT2D eigenvalue weighted by atomic mass is 9.84. The topological polar surface area (TPSA) is 87.1 Å². The Labute approximate surface area is 145 Å². The van der Waals surface area contributed by atoms with Gasteiger partial charge in [0.15, 0.2) is 0 Å². The van der Waals surface area contributed by atoms with Gasteiger partial charge in [-0.05, 0) is 31.5 Å². The molecule has 0 bridgehead atoms. The molecule has 25 heavy (non-hydrogen) atoms. The van der Waals surface area contributed by atoms with Crippen LogP contribution in [0.5, 0.6) is 5.75 Å². The summed E-state index contributed by atoms with van der Waals surface area (Å²) in [5.74, 6) is 0.763. The summed E-state index contributed by atoms with van der Waals surface area (Å²) in [6.07, 6.45) is 1.69. The first-order valence-corrected chi connectivity index (χ1v) is 7.83. The summed E-state index contributed by atoms with van der Waals surface area (Å²) >= 11 is 0. The Morgan fingerprint density at radius 1 is 1.20 bits per heavy atom. The maximum atomic E-state index is 12.6. The molecule has 6 nitrogen and oxygen atoms in total. The quantitative estimate of drug-likeness (QED) is 0.899. The summed E-state index contributed by atoms with van der Waals surface area (Å²) < 4.78 is 11.1. The van der Waals surface area contributed by atoms with Crippen LogP contribution in [0.25, 0.3) is 0 Å². The highest BCUT2D eigenvalue weighted by Crippen LogP contribution is 2.44. The summed E-state index contributed by atoms with van der Waals surface area (Å²) in [5.41, 5.74) is 4.20. The highest BCUT2D eigenvalue weighted by Gasteiger charge is 2.34. The van der Waals surface area contributed by atoms with Gasteiger partial charge in [-0.3, -0.25) is 4.79 Å². The molecule has 0 saturated carbocycles. The van der Waals surface area contributed by atoms with Crippen LogP contribution >= 0.6 is 0 Å². The lowest BCUT2D eigenvalue weighted by Crippen LogP contribution is -2.27. The minimum absolute atomic E-state index is 0.188. The fourth-order valence-corrected chi connectivity index (χ4v) is 3.27. The number of anilines is 1. The fraction of sp³-hybridized carbons (Fsp3) is 0.263. The first-order valence-electron chi connectivity index (χ1n) is 7.83. The Balaban J connectivity index is 2.34. The average Bonchev–Trinajstić information content (AvgIpc) is 2.63. The van der Waals surface area contributed by atoms with Crippen LogP contribution in [0, 0.1) is 18.3 Å². The molecule has 0 aliphatic carbocycles. The summed E-state index contributed by atoms with van der Waals surface area (Å²) in [6, 6.07) is 7.30. The SMILES string of the molecule is COC1=C(C)Nc2c(C)c[nH]c(=O)c2C1c1ccc(C#N)cc1OC. The molecule has 1 aromatic carbocycles. The van der Waals surface area contributed by atoms with Crippen molar-refractivity contribution in [2.24, 2.45) is 0 Å². The Morgan fingerprint density at radius 2 is 1.96 bits per heavy atom. The molecule has 2 aromatic rings. The number of aromatic nitrogens is 1. The number of nitriles is 1. The van der Waals surface area contributed by atoms with E-state index in [4.69, 9.17) is 14.7 Å².